The van der Waals surface area contributed by atoms with E-state index in [0.717, 1.165) is 8.95 Å². The molecule has 7 heteroatoms. The second kappa shape index (κ2) is 5.08. The molecule has 0 fully saturated rings. The lowest BCUT2D eigenvalue weighted by Gasteiger charge is -2.03. The molecule has 0 bridgehead atoms. The molecule has 0 amide bonds. The Hall–Kier alpha value is -0.0400. The first kappa shape index (κ1) is 12.4. The summed E-state index contributed by atoms with van der Waals surface area (Å²) in [6, 6.07) is 1.88. The second-order valence-corrected chi connectivity index (χ2v) is 5.80. The van der Waals surface area contributed by atoms with Crippen molar-refractivity contribution in [2.45, 2.75) is 0 Å². The van der Waals surface area contributed by atoms with E-state index in [-0.39, 0.29) is 0 Å². The minimum atomic E-state index is 0.363. The molecule has 0 aliphatic heterocycles. The SMILES string of the molecule is Clc1nc(-c2ncc(Br)cc2Br)ncc1Br. The van der Waals surface area contributed by atoms with Crippen LogP contribution in [0.4, 0.5) is 0 Å². The molecule has 0 saturated heterocycles. The molecule has 0 unspecified atom stereocenters. The van der Waals surface area contributed by atoms with Crippen molar-refractivity contribution in [3.05, 3.63) is 37.0 Å². The maximum absolute atomic E-state index is 5.90. The van der Waals surface area contributed by atoms with Crippen molar-refractivity contribution >= 4 is 59.4 Å². The predicted molar refractivity (Wildman–Crippen MR) is 73.4 cm³/mol. The average molecular weight is 428 g/mol. The number of pyridine rings is 1. The third-order valence-electron chi connectivity index (χ3n) is 1.72. The molecule has 0 spiro atoms. The Bertz CT molecular complexity index is 548. The third kappa shape index (κ3) is 2.61. The van der Waals surface area contributed by atoms with Gasteiger partial charge < -0.3 is 0 Å². The van der Waals surface area contributed by atoms with Gasteiger partial charge in [-0.3, -0.25) is 4.98 Å². The summed E-state index contributed by atoms with van der Waals surface area (Å²) in [6.45, 7) is 0. The van der Waals surface area contributed by atoms with Crippen molar-refractivity contribution in [3.8, 4) is 11.5 Å². The minimum absolute atomic E-state index is 0.363. The summed E-state index contributed by atoms with van der Waals surface area (Å²) >= 11 is 15.9. The van der Waals surface area contributed by atoms with E-state index in [1.807, 2.05) is 6.07 Å². The maximum atomic E-state index is 5.90. The number of hydrogen-bond donors (Lipinski definition) is 0. The average Bonchev–Trinajstić information content (AvgIpc) is 2.22. The molecule has 0 saturated carbocycles. The van der Waals surface area contributed by atoms with E-state index in [1.165, 1.54) is 0 Å². The quantitative estimate of drug-likeness (QED) is 0.629. The first-order chi connectivity index (χ1) is 7.58. The van der Waals surface area contributed by atoms with Gasteiger partial charge in [0, 0.05) is 21.3 Å². The van der Waals surface area contributed by atoms with Crippen molar-refractivity contribution in [2.24, 2.45) is 0 Å². The van der Waals surface area contributed by atoms with E-state index in [1.54, 1.807) is 12.4 Å². The number of aromatic nitrogens is 3. The third-order valence-corrected chi connectivity index (χ3v) is 3.86. The summed E-state index contributed by atoms with van der Waals surface area (Å²) < 4.78 is 2.35. The zero-order valence-electron chi connectivity index (χ0n) is 7.59. The van der Waals surface area contributed by atoms with E-state index < -0.39 is 0 Å². The molecule has 0 atom stereocenters. The van der Waals surface area contributed by atoms with E-state index >= 15 is 0 Å². The first-order valence-electron chi connectivity index (χ1n) is 4.07. The summed E-state index contributed by atoms with van der Waals surface area (Å²) in [5.41, 5.74) is 0.651. The maximum Gasteiger partial charge on any atom is 0.180 e. The van der Waals surface area contributed by atoms with E-state index in [2.05, 4.69) is 62.7 Å². The van der Waals surface area contributed by atoms with Gasteiger partial charge in [0.15, 0.2) is 5.82 Å². The molecule has 0 aliphatic carbocycles. The van der Waals surface area contributed by atoms with Gasteiger partial charge in [-0.2, -0.15) is 0 Å². The van der Waals surface area contributed by atoms with Crippen LogP contribution < -0.4 is 0 Å². The lowest BCUT2D eigenvalue weighted by atomic mass is 10.3. The van der Waals surface area contributed by atoms with Crippen LogP contribution in [-0.2, 0) is 0 Å². The van der Waals surface area contributed by atoms with Gasteiger partial charge in [-0.05, 0) is 53.9 Å². The summed E-state index contributed by atoms with van der Waals surface area (Å²) in [5.74, 6) is 0.479. The van der Waals surface area contributed by atoms with Crippen LogP contribution in [0.2, 0.25) is 5.15 Å². The van der Waals surface area contributed by atoms with Gasteiger partial charge in [0.25, 0.3) is 0 Å². The van der Waals surface area contributed by atoms with Gasteiger partial charge >= 0.3 is 0 Å². The van der Waals surface area contributed by atoms with Crippen molar-refractivity contribution in [3.63, 3.8) is 0 Å². The van der Waals surface area contributed by atoms with Crippen LogP contribution in [0.15, 0.2) is 31.9 Å². The highest BCUT2D eigenvalue weighted by molar-refractivity contribution is 9.11. The minimum Gasteiger partial charge on any atom is -0.251 e. The topological polar surface area (TPSA) is 38.7 Å². The molecule has 0 aliphatic rings. The first-order valence-corrected chi connectivity index (χ1v) is 6.83. The number of rotatable bonds is 1. The highest BCUT2D eigenvalue weighted by Gasteiger charge is 2.10. The zero-order chi connectivity index (χ0) is 11.7. The number of halogens is 4. The molecular formula is C9H3Br3ClN3. The van der Waals surface area contributed by atoms with Gasteiger partial charge in [0.2, 0.25) is 0 Å². The summed E-state index contributed by atoms with van der Waals surface area (Å²) in [4.78, 5) is 12.5. The Morgan fingerprint density at radius 3 is 2.38 bits per heavy atom. The highest BCUT2D eigenvalue weighted by atomic mass is 79.9. The van der Waals surface area contributed by atoms with Gasteiger partial charge in [0.1, 0.15) is 10.8 Å². The summed E-state index contributed by atoms with van der Waals surface area (Å²) in [7, 11) is 0. The van der Waals surface area contributed by atoms with Crippen molar-refractivity contribution in [1.82, 2.24) is 15.0 Å². The largest absolute Gasteiger partial charge is 0.251 e. The van der Waals surface area contributed by atoms with Gasteiger partial charge in [-0.15, -0.1) is 0 Å². The van der Waals surface area contributed by atoms with Crippen LogP contribution in [-0.4, -0.2) is 15.0 Å². The molecule has 0 aromatic carbocycles. The fraction of sp³-hybridized carbons (Fsp3) is 0. The van der Waals surface area contributed by atoms with Crippen molar-refractivity contribution < 1.29 is 0 Å². The molecule has 2 rings (SSSR count). The van der Waals surface area contributed by atoms with Crippen LogP contribution in [0, 0.1) is 0 Å². The fourth-order valence-corrected chi connectivity index (χ4v) is 2.52. The molecule has 2 aromatic heterocycles. The lowest BCUT2D eigenvalue weighted by Crippen LogP contribution is -1.93. The summed E-state index contributed by atoms with van der Waals surface area (Å²) in [6.07, 6.45) is 3.28. The van der Waals surface area contributed by atoms with Crippen LogP contribution in [0.25, 0.3) is 11.5 Å². The highest BCUT2D eigenvalue weighted by Crippen LogP contribution is 2.28. The van der Waals surface area contributed by atoms with Crippen LogP contribution in [0.1, 0.15) is 0 Å². The van der Waals surface area contributed by atoms with Gasteiger partial charge in [-0.25, -0.2) is 9.97 Å². The Morgan fingerprint density at radius 2 is 1.75 bits per heavy atom. The smallest absolute Gasteiger partial charge is 0.180 e. The molecule has 3 nitrogen and oxygen atoms in total. The van der Waals surface area contributed by atoms with E-state index in [0.29, 0.717) is 21.1 Å². The molecule has 2 heterocycles. The molecular weight excluding hydrogens is 425 g/mol. The Labute approximate surface area is 122 Å². The van der Waals surface area contributed by atoms with Crippen LogP contribution in [0.3, 0.4) is 0 Å². The molecule has 2 aromatic rings. The van der Waals surface area contributed by atoms with Crippen molar-refractivity contribution in [2.75, 3.05) is 0 Å². The van der Waals surface area contributed by atoms with E-state index in [9.17, 15) is 0 Å². The Balaban J connectivity index is 2.54. The predicted octanol–water partition coefficient (Wildman–Crippen LogP) is 4.48. The Kier molecular flexibility index (Phi) is 3.94. The van der Waals surface area contributed by atoms with Gasteiger partial charge in [-0.1, -0.05) is 11.6 Å². The number of nitrogens with zero attached hydrogens (tertiary/aromatic N) is 3. The van der Waals surface area contributed by atoms with Crippen LogP contribution >= 0.6 is 59.4 Å². The number of hydrogen-bond acceptors (Lipinski definition) is 3. The van der Waals surface area contributed by atoms with Crippen molar-refractivity contribution in [1.29, 1.82) is 0 Å². The molecule has 0 N–H and O–H groups in total. The lowest BCUT2D eigenvalue weighted by molar-refractivity contribution is 1.12. The Morgan fingerprint density at radius 1 is 1.00 bits per heavy atom. The second-order valence-electron chi connectivity index (χ2n) is 2.82. The van der Waals surface area contributed by atoms with E-state index in [4.69, 9.17) is 11.6 Å². The molecule has 82 valence electrons. The fourth-order valence-electron chi connectivity index (χ4n) is 1.04. The van der Waals surface area contributed by atoms with Crippen LogP contribution in [0.5, 0.6) is 0 Å². The molecule has 0 radical (unpaired) electrons. The van der Waals surface area contributed by atoms with Gasteiger partial charge in [0.05, 0.1) is 4.47 Å². The monoisotopic (exact) mass is 425 g/mol. The zero-order valence-corrected chi connectivity index (χ0v) is 13.1. The summed E-state index contributed by atoms with van der Waals surface area (Å²) in [5, 5.41) is 0.363. The molecule has 16 heavy (non-hydrogen) atoms. The standard InChI is InChI=1S/C9H3Br3ClN3/c10-4-1-5(11)7(14-2-4)9-15-3-6(12)8(13)16-9/h1-3H. The normalized spacial score (nSPS) is 10.5.